The average molecular weight is 350 g/mol. The smallest absolute Gasteiger partial charge is 0.255 e. The molecule has 3 heterocycles. The van der Waals surface area contributed by atoms with Crippen LogP contribution in [0.15, 0.2) is 42.7 Å². The van der Waals surface area contributed by atoms with Crippen LogP contribution in [0.25, 0.3) is 5.78 Å². The van der Waals surface area contributed by atoms with Crippen molar-refractivity contribution < 1.29 is 9.18 Å². The van der Waals surface area contributed by atoms with Crippen LogP contribution in [0.2, 0.25) is 0 Å². The number of carbonyl (C=O) groups is 1. The standard InChI is InChI=1S/C18H15FN6O/c19-16-15(13-6-7-24(9-13)11-20)25-10-14(8-21-18(25)23-16)22-17(26)12-4-2-1-3-5-12/h1-5,8,10,13H,6-7,9H2,(H,22,26)/t13-/m1/s1. The maximum absolute atomic E-state index is 14.4. The van der Waals surface area contributed by atoms with E-state index in [4.69, 9.17) is 5.26 Å². The van der Waals surface area contributed by atoms with E-state index in [1.165, 1.54) is 6.20 Å². The Labute approximate surface area is 148 Å². The Balaban J connectivity index is 1.65. The second-order valence-corrected chi connectivity index (χ2v) is 6.15. The van der Waals surface area contributed by atoms with Crippen LogP contribution in [0.4, 0.5) is 10.1 Å². The van der Waals surface area contributed by atoms with Gasteiger partial charge in [-0.15, -0.1) is 0 Å². The van der Waals surface area contributed by atoms with Gasteiger partial charge in [-0.3, -0.25) is 9.20 Å². The Morgan fingerprint density at radius 2 is 2.15 bits per heavy atom. The quantitative estimate of drug-likeness (QED) is 0.733. The van der Waals surface area contributed by atoms with E-state index in [-0.39, 0.29) is 17.6 Å². The van der Waals surface area contributed by atoms with Gasteiger partial charge in [0, 0.05) is 30.8 Å². The van der Waals surface area contributed by atoms with Gasteiger partial charge in [-0.1, -0.05) is 18.2 Å². The van der Waals surface area contributed by atoms with Gasteiger partial charge in [-0.05, 0) is 18.6 Å². The number of carbonyl (C=O) groups excluding carboxylic acids is 1. The summed E-state index contributed by atoms with van der Waals surface area (Å²) in [7, 11) is 0. The number of halogens is 1. The van der Waals surface area contributed by atoms with E-state index in [2.05, 4.69) is 21.5 Å². The van der Waals surface area contributed by atoms with Crippen molar-refractivity contribution in [1.29, 1.82) is 5.26 Å². The Morgan fingerprint density at radius 3 is 2.88 bits per heavy atom. The number of imidazole rings is 1. The molecule has 1 aliphatic heterocycles. The molecule has 0 saturated carbocycles. The van der Waals surface area contributed by atoms with Crippen LogP contribution in [0.3, 0.4) is 0 Å². The number of nitriles is 1. The number of amides is 1. The third-order valence-electron chi connectivity index (χ3n) is 4.48. The Kier molecular flexibility index (Phi) is 3.97. The molecule has 1 N–H and O–H groups in total. The maximum Gasteiger partial charge on any atom is 0.255 e. The fourth-order valence-electron chi connectivity index (χ4n) is 3.22. The predicted molar refractivity (Wildman–Crippen MR) is 91.9 cm³/mol. The summed E-state index contributed by atoms with van der Waals surface area (Å²) in [5, 5.41) is 11.8. The van der Waals surface area contributed by atoms with Gasteiger partial charge >= 0.3 is 0 Å². The van der Waals surface area contributed by atoms with Crippen LogP contribution < -0.4 is 5.32 Å². The van der Waals surface area contributed by atoms with Crippen LogP contribution in [0.1, 0.15) is 28.4 Å². The molecule has 3 aromatic rings. The summed E-state index contributed by atoms with van der Waals surface area (Å²) in [6.45, 7) is 1.04. The van der Waals surface area contributed by atoms with Crippen molar-refractivity contribution in [2.45, 2.75) is 12.3 Å². The van der Waals surface area contributed by atoms with Gasteiger partial charge in [0.2, 0.25) is 11.7 Å². The lowest BCUT2D eigenvalue weighted by Crippen LogP contribution is -2.15. The lowest BCUT2D eigenvalue weighted by atomic mass is 10.1. The Hall–Kier alpha value is -3.47. The number of anilines is 1. The largest absolute Gasteiger partial charge is 0.319 e. The fraction of sp³-hybridized carbons (Fsp3) is 0.222. The van der Waals surface area contributed by atoms with Crippen LogP contribution in [0, 0.1) is 17.4 Å². The van der Waals surface area contributed by atoms with E-state index in [1.54, 1.807) is 39.8 Å². The highest BCUT2D eigenvalue weighted by Gasteiger charge is 2.29. The van der Waals surface area contributed by atoms with E-state index in [0.717, 1.165) is 0 Å². The zero-order valence-electron chi connectivity index (χ0n) is 13.8. The molecule has 1 atom stereocenters. The zero-order chi connectivity index (χ0) is 18.1. The molecule has 7 nitrogen and oxygen atoms in total. The van der Waals surface area contributed by atoms with Crippen molar-refractivity contribution in [3.63, 3.8) is 0 Å². The predicted octanol–water partition coefficient (Wildman–Crippen LogP) is 2.39. The molecule has 1 aromatic carbocycles. The highest BCUT2D eigenvalue weighted by Crippen LogP contribution is 2.29. The molecule has 2 aromatic heterocycles. The minimum Gasteiger partial charge on any atom is -0.319 e. The third-order valence-corrected chi connectivity index (χ3v) is 4.48. The maximum atomic E-state index is 14.4. The van der Waals surface area contributed by atoms with Crippen molar-refractivity contribution >= 4 is 17.4 Å². The number of hydrogen-bond acceptors (Lipinski definition) is 5. The fourth-order valence-corrected chi connectivity index (χ4v) is 3.22. The first-order valence-electron chi connectivity index (χ1n) is 8.20. The molecule has 1 saturated heterocycles. The summed E-state index contributed by atoms with van der Waals surface area (Å²) in [5.41, 5.74) is 1.35. The first-order chi connectivity index (χ1) is 12.7. The molecule has 8 heteroatoms. The molecule has 0 radical (unpaired) electrons. The highest BCUT2D eigenvalue weighted by atomic mass is 19.1. The summed E-state index contributed by atoms with van der Waals surface area (Å²) < 4.78 is 15.9. The monoisotopic (exact) mass is 350 g/mol. The highest BCUT2D eigenvalue weighted by molar-refractivity contribution is 6.04. The number of nitrogens with one attached hydrogen (secondary N) is 1. The van der Waals surface area contributed by atoms with E-state index in [0.29, 0.717) is 36.5 Å². The normalized spacial score (nSPS) is 16.6. The number of likely N-dealkylation sites (tertiary alicyclic amines) is 1. The van der Waals surface area contributed by atoms with E-state index in [9.17, 15) is 9.18 Å². The molecule has 1 fully saturated rings. The Bertz CT molecular complexity index is 1010. The minimum atomic E-state index is -0.589. The number of rotatable bonds is 3. The third kappa shape index (κ3) is 2.84. The lowest BCUT2D eigenvalue weighted by molar-refractivity contribution is 0.102. The zero-order valence-corrected chi connectivity index (χ0v) is 13.8. The van der Waals surface area contributed by atoms with Gasteiger partial charge in [0.1, 0.15) is 0 Å². The number of hydrogen-bond donors (Lipinski definition) is 1. The van der Waals surface area contributed by atoms with E-state index < -0.39 is 5.95 Å². The molecule has 0 spiro atoms. The van der Waals surface area contributed by atoms with Crippen LogP contribution in [-0.2, 0) is 0 Å². The molecule has 4 rings (SSSR count). The molecule has 0 unspecified atom stereocenters. The molecule has 0 bridgehead atoms. The molecule has 1 aliphatic rings. The van der Waals surface area contributed by atoms with Crippen molar-refractivity contribution in [3.8, 4) is 6.19 Å². The first kappa shape index (κ1) is 16.0. The van der Waals surface area contributed by atoms with Gasteiger partial charge in [0.25, 0.3) is 5.91 Å². The molecule has 26 heavy (non-hydrogen) atoms. The van der Waals surface area contributed by atoms with Gasteiger partial charge in [0.15, 0.2) is 6.19 Å². The first-order valence-corrected chi connectivity index (χ1v) is 8.20. The van der Waals surface area contributed by atoms with E-state index in [1.807, 2.05) is 6.07 Å². The van der Waals surface area contributed by atoms with Gasteiger partial charge < -0.3 is 10.2 Å². The van der Waals surface area contributed by atoms with Gasteiger partial charge in [0.05, 0.1) is 17.6 Å². The lowest BCUT2D eigenvalue weighted by Gasteiger charge is -2.11. The van der Waals surface area contributed by atoms with Gasteiger partial charge in [-0.2, -0.15) is 14.6 Å². The van der Waals surface area contributed by atoms with Crippen molar-refractivity contribution in [3.05, 3.63) is 59.9 Å². The number of fused-ring (bicyclic) bond motifs is 1. The second-order valence-electron chi connectivity index (χ2n) is 6.15. The minimum absolute atomic E-state index is 0.147. The summed E-state index contributed by atoms with van der Waals surface area (Å²) in [5.74, 6) is -0.781. The van der Waals surface area contributed by atoms with E-state index >= 15 is 0 Å². The summed E-state index contributed by atoms with van der Waals surface area (Å²) in [6.07, 6.45) is 5.81. The van der Waals surface area contributed by atoms with Crippen molar-refractivity contribution in [1.82, 2.24) is 19.3 Å². The van der Waals surface area contributed by atoms with Crippen LogP contribution in [0.5, 0.6) is 0 Å². The summed E-state index contributed by atoms with van der Waals surface area (Å²) in [6, 6.07) is 8.80. The van der Waals surface area contributed by atoms with Crippen LogP contribution >= 0.6 is 0 Å². The number of nitrogens with zero attached hydrogens (tertiary/aromatic N) is 5. The van der Waals surface area contributed by atoms with Gasteiger partial charge in [-0.25, -0.2) is 4.98 Å². The molecular formula is C18H15FN6O. The average Bonchev–Trinajstić information content (AvgIpc) is 3.25. The number of benzene rings is 1. The second kappa shape index (κ2) is 6.44. The summed E-state index contributed by atoms with van der Waals surface area (Å²) >= 11 is 0. The van der Waals surface area contributed by atoms with Crippen LogP contribution in [-0.4, -0.2) is 38.3 Å². The topological polar surface area (TPSA) is 86.3 Å². The molecule has 130 valence electrons. The molecular weight excluding hydrogens is 335 g/mol. The van der Waals surface area contributed by atoms with Crippen molar-refractivity contribution in [2.75, 3.05) is 18.4 Å². The molecule has 1 amide bonds. The molecule has 0 aliphatic carbocycles. The number of aromatic nitrogens is 3. The summed E-state index contributed by atoms with van der Waals surface area (Å²) in [4.78, 5) is 21.9. The SMILES string of the molecule is N#CN1CC[C@@H](c2c(F)nc3ncc(NC(=O)c4ccccc4)cn23)C1. The Morgan fingerprint density at radius 1 is 1.35 bits per heavy atom. The van der Waals surface area contributed by atoms with Crippen molar-refractivity contribution in [2.24, 2.45) is 0 Å².